The van der Waals surface area contributed by atoms with E-state index in [1.165, 1.54) is 37.4 Å². The number of nitrogens with zero attached hydrogens (tertiary/aromatic N) is 1. The molecule has 7 nitrogen and oxygen atoms in total. The minimum absolute atomic E-state index is 0.0470. The average Bonchev–Trinajstić information content (AvgIpc) is 2.71. The normalized spacial score (nSPS) is 11.2. The quantitative estimate of drug-likeness (QED) is 0.526. The third-order valence-electron chi connectivity index (χ3n) is 4.27. The number of nitrogens with two attached hydrogens (primary N) is 1. The number of carbonyl (C=O) groups is 1. The maximum Gasteiger partial charge on any atom is 0.573 e. The maximum absolute atomic E-state index is 12.7. The molecule has 0 unspecified atom stereocenters. The number of amides is 1. The van der Waals surface area contributed by atoms with Crippen LogP contribution in [-0.4, -0.2) is 24.4 Å². The van der Waals surface area contributed by atoms with Gasteiger partial charge in [-0.1, -0.05) is 18.2 Å². The van der Waals surface area contributed by atoms with E-state index in [4.69, 9.17) is 15.2 Å². The van der Waals surface area contributed by atoms with Crippen LogP contribution in [0, 0.1) is 6.92 Å². The van der Waals surface area contributed by atoms with Crippen molar-refractivity contribution in [2.24, 2.45) is 0 Å². The van der Waals surface area contributed by atoms with Gasteiger partial charge in [-0.15, -0.1) is 13.2 Å². The van der Waals surface area contributed by atoms with Crippen LogP contribution in [0.3, 0.4) is 0 Å². The summed E-state index contributed by atoms with van der Waals surface area (Å²) in [6.07, 6.45) is -4.86. The third-order valence-corrected chi connectivity index (χ3v) is 4.27. The van der Waals surface area contributed by atoms with Crippen LogP contribution in [0.5, 0.6) is 17.2 Å². The van der Waals surface area contributed by atoms with Gasteiger partial charge in [0.2, 0.25) is 0 Å². The van der Waals surface area contributed by atoms with Crippen LogP contribution in [0.1, 0.15) is 21.6 Å². The van der Waals surface area contributed by atoms with Crippen LogP contribution in [0.25, 0.3) is 0 Å². The molecule has 0 radical (unpaired) electrons. The SMILES string of the molecule is COCc1nc(N)c(C(=O)Nc2cccc(Oc3ccccc3OC(F)(F)F)c2)cc1C. The predicted octanol–water partition coefficient (Wildman–Crippen LogP) is 5.06. The van der Waals surface area contributed by atoms with Crippen LogP contribution in [0.15, 0.2) is 54.6 Å². The fourth-order valence-electron chi connectivity index (χ4n) is 2.84. The Kier molecular flexibility index (Phi) is 6.84. The largest absolute Gasteiger partial charge is 0.573 e. The van der Waals surface area contributed by atoms with Crippen LogP contribution in [0.2, 0.25) is 0 Å². The molecule has 168 valence electrons. The van der Waals surface area contributed by atoms with Crippen molar-refractivity contribution in [1.82, 2.24) is 4.98 Å². The molecule has 3 rings (SSSR count). The smallest absolute Gasteiger partial charge is 0.453 e. The highest BCUT2D eigenvalue weighted by atomic mass is 19.4. The summed E-state index contributed by atoms with van der Waals surface area (Å²) in [6, 6.07) is 13.1. The Balaban J connectivity index is 1.78. The van der Waals surface area contributed by atoms with Crippen molar-refractivity contribution < 1.29 is 32.2 Å². The van der Waals surface area contributed by atoms with Gasteiger partial charge >= 0.3 is 6.36 Å². The predicted molar refractivity (Wildman–Crippen MR) is 112 cm³/mol. The third kappa shape index (κ3) is 5.88. The van der Waals surface area contributed by atoms with Crippen molar-refractivity contribution in [1.29, 1.82) is 0 Å². The molecule has 0 aliphatic rings. The molecular formula is C22H20F3N3O4. The maximum atomic E-state index is 12.7. The van der Waals surface area contributed by atoms with Gasteiger partial charge in [-0.2, -0.15) is 0 Å². The zero-order valence-electron chi connectivity index (χ0n) is 17.2. The van der Waals surface area contributed by atoms with Gasteiger partial charge in [0.1, 0.15) is 11.6 Å². The number of halogens is 3. The van der Waals surface area contributed by atoms with Crippen LogP contribution in [-0.2, 0) is 11.3 Å². The first-order valence-electron chi connectivity index (χ1n) is 9.35. The Morgan fingerprint density at radius 1 is 1.09 bits per heavy atom. The van der Waals surface area contributed by atoms with Gasteiger partial charge in [-0.05, 0) is 42.8 Å². The van der Waals surface area contributed by atoms with E-state index in [0.29, 0.717) is 11.4 Å². The highest BCUT2D eigenvalue weighted by molar-refractivity contribution is 6.07. The molecule has 0 atom stereocenters. The molecular weight excluding hydrogens is 427 g/mol. The molecule has 1 heterocycles. The van der Waals surface area contributed by atoms with Gasteiger partial charge in [-0.25, -0.2) is 4.98 Å². The molecule has 3 aromatic rings. The number of anilines is 2. The minimum Gasteiger partial charge on any atom is -0.453 e. The number of ether oxygens (including phenoxy) is 3. The topological polar surface area (TPSA) is 95.7 Å². The first-order chi connectivity index (χ1) is 15.2. The molecule has 2 aromatic carbocycles. The number of nitrogens with one attached hydrogen (secondary N) is 1. The lowest BCUT2D eigenvalue weighted by Gasteiger charge is -2.14. The van der Waals surface area contributed by atoms with Crippen LogP contribution < -0.4 is 20.5 Å². The number of carbonyl (C=O) groups excluding carboxylic acids is 1. The summed E-state index contributed by atoms with van der Waals surface area (Å²) >= 11 is 0. The summed E-state index contributed by atoms with van der Waals surface area (Å²) in [5.41, 5.74) is 7.80. The Bertz CT molecular complexity index is 1120. The number of methoxy groups -OCH3 is 1. The van der Waals surface area contributed by atoms with Gasteiger partial charge in [-0.3, -0.25) is 4.79 Å². The number of aromatic nitrogens is 1. The molecule has 1 amide bonds. The van der Waals surface area contributed by atoms with Gasteiger partial charge < -0.3 is 25.3 Å². The number of rotatable bonds is 7. The summed E-state index contributed by atoms with van der Waals surface area (Å²) in [6.45, 7) is 2.04. The second-order valence-corrected chi connectivity index (χ2v) is 6.70. The van der Waals surface area contributed by atoms with Crippen molar-refractivity contribution in [3.63, 3.8) is 0 Å². The Morgan fingerprint density at radius 2 is 1.81 bits per heavy atom. The molecule has 0 saturated carbocycles. The average molecular weight is 447 g/mol. The summed E-state index contributed by atoms with van der Waals surface area (Å²) in [5, 5.41) is 2.68. The van der Waals surface area contributed by atoms with E-state index in [-0.39, 0.29) is 29.5 Å². The van der Waals surface area contributed by atoms with Gasteiger partial charge in [0, 0.05) is 18.9 Å². The second kappa shape index (κ2) is 9.56. The summed E-state index contributed by atoms with van der Waals surface area (Å²) in [7, 11) is 1.53. The van der Waals surface area contributed by atoms with E-state index in [1.54, 1.807) is 25.1 Å². The van der Waals surface area contributed by atoms with Crippen molar-refractivity contribution >= 4 is 17.4 Å². The number of hydrogen-bond donors (Lipinski definition) is 2. The fourth-order valence-corrected chi connectivity index (χ4v) is 2.84. The van der Waals surface area contributed by atoms with Crippen LogP contribution in [0.4, 0.5) is 24.7 Å². The molecule has 10 heteroatoms. The molecule has 0 aliphatic carbocycles. The number of para-hydroxylation sites is 2. The van der Waals surface area contributed by atoms with E-state index >= 15 is 0 Å². The summed E-state index contributed by atoms with van der Waals surface area (Å²) < 4.78 is 52.4. The summed E-state index contributed by atoms with van der Waals surface area (Å²) in [5.74, 6) is -0.879. The van der Waals surface area contributed by atoms with E-state index in [9.17, 15) is 18.0 Å². The number of pyridine rings is 1. The molecule has 0 saturated heterocycles. The van der Waals surface area contributed by atoms with E-state index in [0.717, 1.165) is 11.6 Å². The molecule has 0 bridgehead atoms. The van der Waals surface area contributed by atoms with E-state index in [2.05, 4.69) is 15.0 Å². The van der Waals surface area contributed by atoms with E-state index < -0.39 is 18.0 Å². The number of benzene rings is 2. The van der Waals surface area contributed by atoms with Gasteiger partial charge in [0.25, 0.3) is 5.91 Å². The van der Waals surface area contributed by atoms with Crippen molar-refractivity contribution in [3.8, 4) is 17.2 Å². The van der Waals surface area contributed by atoms with Crippen molar-refractivity contribution in [2.45, 2.75) is 19.9 Å². The summed E-state index contributed by atoms with van der Waals surface area (Å²) in [4.78, 5) is 16.9. The molecule has 0 aliphatic heterocycles. The number of nitrogen functional groups attached to an aromatic ring is 1. The van der Waals surface area contributed by atoms with Gasteiger partial charge in [0.05, 0.1) is 17.9 Å². The zero-order chi connectivity index (χ0) is 23.3. The lowest BCUT2D eigenvalue weighted by molar-refractivity contribution is -0.275. The zero-order valence-corrected chi connectivity index (χ0v) is 17.2. The second-order valence-electron chi connectivity index (χ2n) is 6.70. The fraction of sp³-hybridized carbons (Fsp3) is 0.182. The molecule has 3 N–H and O–H groups in total. The minimum atomic E-state index is -4.86. The molecule has 0 spiro atoms. The Labute approximate surface area is 181 Å². The van der Waals surface area contributed by atoms with Gasteiger partial charge in [0.15, 0.2) is 11.5 Å². The number of hydrogen-bond acceptors (Lipinski definition) is 6. The molecule has 32 heavy (non-hydrogen) atoms. The monoisotopic (exact) mass is 447 g/mol. The standard InChI is InChI=1S/C22H20F3N3O4/c1-13-10-16(20(26)28-17(13)12-30-2)21(29)27-14-6-5-7-15(11-14)31-18-8-3-4-9-19(18)32-22(23,24)25/h3-11H,12H2,1-2H3,(H2,26,28)(H,27,29). The number of aryl methyl sites for hydroxylation is 1. The van der Waals surface area contributed by atoms with Crippen molar-refractivity contribution in [2.75, 3.05) is 18.2 Å². The lowest BCUT2D eigenvalue weighted by Crippen LogP contribution is -2.17. The first-order valence-corrected chi connectivity index (χ1v) is 9.35. The highest BCUT2D eigenvalue weighted by Gasteiger charge is 2.32. The molecule has 0 fully saturated rings. The first kappa shape index (κ1) is 22.9. The lowest BCUT2D eigenvalue weighted by atomic mass is 10.1. The Morgan fingerprint density at radius 3 is 2.50 bits per heavy atom. The molecule has 1 aromatic heterocycles. The number of alkyl halides is 3. The van der Waals surface area contributed by atoms with Crippen LogP contribution >= 0.6 is 0 Å². The van der Waals surface area contributed by atoms with E-state index in [1.807, 2.05) is 0 Å². The van der Waals surface area contributed by atoms with Crippen molar-refractivity contribution in [3.05, 3.63) is 71.4 Å². The Hall–Kier alpha value is -3.79. The highest BCUT2D eigenvalue weighted by Crippen LogP contribution is 2.35.